The van der Waals surface area contributed by atoms with Gasteiger partial charge in [0.15, 0.2) is 0 Å². The van der Waals surface area contributed by atoms with Gasteiger partial charge in [-0.25, -0.2) is 0 Å². The fraction of sp³-hybridized carbons (Fsp3) is 0.385. The molecule has 0 saturated carbocycles. The Morgan fingerprint density at radius 2 is 1.88 bits per heavy atom. The molecule has 1 aliphatic rings. The van der Waals surface area contributed by atoms with E-state index in [0.717, 1.165) is 0 Å². The van der Waals surface area contributed by atoms with Gasteiger partial charge in [0.1, 0.15) is 6.04 Å². The van der Waals surface area contributed by atoms with Gasteiger partial charge in [-0.05, 0) is 19.1 Å². The molecule has 1 fully saturated rings. The number of carbonyl (C=O) groups excluding carboxylic acids is 2. The van der Waals surface area contributed by atoms with E-state index in [1.54, 1.807) is 35.9 Å². The Morgan fingerprint density at radius 1 is 1.24 bits per heavy atom. The normalized spacial score (nSPS) is 20.6. The Bertz CT molecular complexity index is 430. The highest BCUT2D eigenvalue weighted by atomic mass is 16.2. The zero-order valence-electron chi connectivity index (χ0n) is 10.1. The molecule has 4 heteroatoms. The molecular formula is C13H16N2O2. The van der Waals surface area contributed by atoms with Crippen molar-refractivity contribution in [1.82, 2.24) is 9.80 Å². The Kier molecular flexibility index (Phi) is 3.13. The molecule has 1 heterocycles. The summed E-state index contributed by atoms with van der Waals surface area (Å²) in [6.45, 7) is 2.97. The lowest BCUT2D eigenvalue weighted by Crippen LogP contribution is -2.56. The Hall–Kier alpha value is -1.84. The van der Waals surface area contributed by atoms with E-state index in [2.05, 4.69) is 0 Å². The van der Waals surface area contributed by atoms with Crippen molar-refractivity contribution < 1.29 is 9.59 Å². The lowest BCUT2D eigenvalue weighted by atomic mass is 10.1. The molecule has 2 amide bonds. The van der Waals surface area contributed by atoms with Crippen LogP contribution in [0.1, 0.15) is 17.3 Å². The number of nitrogens with zero attached hydrogens (tertiary/aromatic N) is 2. The fourth-order valence-electron chi connectivity index (χ4n) is 2.04. The number of hydrogen-bond donors (Lipinski definition) is 0. The van der Waals surface area contributed by atoms with Gasteiger partial charge in [0.2, 0.25) is 5.91 Å². The molecule has 1 aromatic carbocycles. The average Bonchev–Trinajstić information content (AvgIpc) is 2.36. The molecule has 1 unspecified atom stereocenters. The Balaban J connectivity index is 2.18. The first-order chi connectivity index (χ1) is 8.11. The van der Waals surface area contributed by atoms with Crippen LogP contribution in [0.3, 0.4) is 0 Å². The van der Waals surface area contributed by atoms with Crippen LogP contribution >= 0.6 is 0 Å². The zero-order valence-corrected chi connectivity index (χ0v) is 10.1. The number of piperazine rings is 1. The molecule has 90 valence electrons. The minimum absolute atomic E-state index is 0.000492. The molecule has 1 atom stereocenters. The van der Waals surface area contributed by atoms with Crippen molar-refractivity contribution in [2.75, 3.05) is 20.1 Å². The summed E-state index contributed by atoms with van der Waals surface area (Å²) in [5, 5.41) is 0. The molecule has 1 saturated heterocycles. The van der Waals surface area contributed by atoms with E-state index in [4.69, 9.17) is 0 Å². The van der Waals surface area contributed by atoms with Crippen LogP contribution in [0.5, 0.6) is 0 Å². The van der Waals surface area contributed by atoms with Crippen LogP contribution in [-0.4, -0.2) is 47.8 Å². The SMILES string of the molecule is CC1C(=O)N(C)CCN1C(=O)c1ccccc1. The van der Waals surface area contributed by atoms with Crippen LogP contribution < -0.4 is 0 Å². The number of hydrogen-bond acceptors (Lipinski definition) is 2. The van der Waals surface area contributed by atoms with Crippen molar-refractivity contribution in [2.24, 2.45) is 0 Å². The minimum atomic E-state index is -0.374. The van der Waals surface area contributed by atoms with Crippen molar-refractivity contribution in [3.8, 4) is 0 Å². The van der Waals surface area contributed by atoms with E-state index in [-0.39, 0.29) is 17.9 Å². The molecule has 0 aromatic heterocycles. The molecule has 0 N–H and O–H groups in total. The first kappa shape index (κ1) is 11.6. The maximum absolute atomic E-state index is 12.2. The number of rotatable bonds is 1. The number of benzene rings is 1. The van der Waals surface area contributed by atoms with Crippen LogP contribution in [0, 0.1) is 0 Å². The standard InChI is InChI=1S/C13H16N2O2/c1-10-12(16)14(2)8-9-15(10)13(17)11-6-4-3-5-7-11/h3-7,10H,8-9H2,1-2H3. The third kappa shape index (κ3) is 2.16. The third-order valence-corrected chi connectivity index (χ3v) is 3.16. The van der Waals surface area contributed by atoms with Crippen molar-refractivity contribution >= 4 is 11.8 Å². The molecule has 1 aliphatic heterocycles. The molecular weight excluding hydrogens is 216 g/mol. The smallest absolute Gasteiger partial charge is 0.254 e. The predicted molar refractivity (Wildman–Crippen MR) is 64.6 cm³/mol. The van der Waals surface area contributed by atoms with Gasteiger partial charge in [-0.1, -0.05) is 18.2 Å². The Labute approximate surface area is 101 Å². The number of likely N-dealkylation sites (N-methyl/N-ethyl adjacent to an activating group) is 1. The highest BCUT2D eigenvalue weighted by Gasteiger charge is 2.32. The molecule has 2 rings (SSSR count). The second-order valence-electron chi connectivity index (χ2n) is 4.30. The van der Waals surface area contributed by atoms with Crippen molar-refractivity contribution in [1.29, 1.82) is 0 Å². The van der Waals surface area contributed by atoms with Crippen LogP contribution in [0.15, 0.2) is 30.3 Å². The van der Waals surface area contributed by atoms with Gasteiger partial charge < -0.3 is 9.80 Å². The van der Waals surface area contributed by atoms with Crippen LogP contribution in [0.25, 0.3) is 0 Å². The molecule has 17 heavy (non-hydrogen) atoms. The summed E-state index contributed by atoms with van der Waals surface area (Å²) in [4.78, 5) is 27.3. The van der Waals surface area contributed by atoms with Crippen molar-refractivity contribution in [3.05, 3.63) is 35.9 Å². The molecule has 0 spiro atoms. The van der Waals surface area contributed by atoms with E-state index < -0.39 is 0 Å². The zero-order chi connectivity index (χ0) is 12.4. The van der Waals surface area contributed by atoms with Gasteiger partial charge >= 0.3 is 0 Å². The summed E-state index contributed by atoms with van der Waals surface area (Å²) in [5.41, 5.74) is 0.636. The predicted octanol–water partition coefficient (Wildman–Crippen LogP) is 0.989. The topological polar surface area (TPSA) is 40.6 Å². The third-order valence-electron chi connectivity index (χ3n) is 3.16. The summed E-state index contributed by atoms with van der Waals surface area (Å²) < 4.78 is 0. The second kappa shape index (κ2) is 4.57. The lowest BCUT2D eigenvalue weighted by Gasteiger charge is -2.37. The fourth-order valence-corrected chi connectivity index (χ4v) is 2.04. The van der Waals surface area contributed by atoms with Gasteiger partial charge in [-0.3, -0.25) is 9.59 Å². The average molecular weight is 232 g/mol. The molecule has 0 bridgehead atoms. The first-order valence-corrected chi connectivity index (χ1v) is 5.72. The second-order valence-corrected chi connectivity index (χ2v) is 4.30. The van der Waals surface area contributed by atoms with E-state index >= 15 is 0 Å². The maximum atomic E-state index is 12.2. The summed E-state index contributed by atoms with van der Waals surface area (Å²) in [7, 11) is 1.77. The first-order valence-electron chi connectivity index (χ1n) is 5.72. The van der Waals surface area contributed by atoms with Crippen LogP contribution in [0.2, 0.25) is 0 Å². The quantitative estimate of drug-likeness (QED) is 0.724. The van der Waals surface area contributed by atoms with Crippen LogP contribution in [0.4, 0.5) is 0 Å². The molecule has 1 aromatic rings. The van der Waals surface area contributed by atoms with Gasteiger partial charge in [-0.2, -0.15) is 0 Å². The van der Waals surface area contributed by atoms with E-state index in [1.165, 1.54) is 0 Å². The highest BCUT2D eigenvalue weighted by Crippen LogP contribution is 2.13. The number of carbonyl (C=O) groups is 2. The van der Waals surface area contributed by atoms with Crippen LogP contribution in [-0.2, 0) is 4.79 Å². The molecule has 0 aliphatic carbocycles. The Morgan fingerprint density at radius 3 is 2.53 bits per heavy atom. The maximum Gasteiger partial charge on any atom is 0.254 e. The van der Waals surface area contributed by atoms with Gasteiger partial charge in [0.05, 0.1) is 0 Å². The van der Waals surface area contributed by atoms with Gasteiger partial charge in [0.25, 0.3) is 5.91 Å². The molecule has 0 radical (unpaired) electrons. The summed E-state index contributed by atoms with van der Waals surface area (Å²) in [6.07, 6.45) is 0. The van der Waals surface area contributed by atoms with Gasteiger partial charge in [0, 0.05) is 25.7 Å². The van der Waals surface area contributed by atoms with E-state index in [1.807, 2.05) is 18.2 Å². The highest BCUT2D eigenvalue weighted by molar-refractivity contribution is 5.98. The lowest BCUT2D eigenvalue weighted by molar-refractivity contribution is -0.137. The summed E-state index contributed by atoms with van der Waals surface area (Å²) in [5.74, 6) is -0.0694. The van der Waals surface area contributed by atoms with Gasteiger partial charge in [-0.15, -0.1) is 0 Å². The minimum Gasteiger partial charge on any atom is -0.342 e. The largest absolute Gasteiger partial charge is 0.342 e. The monoisotopic (exact) mass is 232 g/mol. The van der Waals surface area contributed by atoms with E-state index in [0.29, 0.717) is 18.7 Å². The van der Waals surface area contributed by atoms with Crippen molar-refractivity contribution in [3.63, 3.8) is 0 Å². The summed E-state index contributed by atoms with van der Waals surface area (Å²) in [6, 6.07) is 8.71. The van der Waals surface area contributed by atoms with Crippen molar-refractivity contribution in [2.45, 2.75) is 13.0 Å². The number of amides is 2. The summed E-state index contributed by atoms with van der Waals surface area (Å²) >= 11 is 0. The molecule has 4 nitrogen and oxygen atoms in total. The van der Waals surface area contributed by atoms with E-state index in [9.17, 15) is 9.59 Å².